The Hall–Kier alpha value is -2.35. The van der Waals surface area contributed by atoms with Gasteiger partial charge < -0.3 is 10.6 Å². The van der Waals surface area contributed by atoms with Crippen LogP contribution in [0.4, 0.5) is 5.69 Å². The van der Waals surface area contributed by atoms with Gasteiger partial charge in [-0.05, 0) is 42.0 Å². The zero-order valence-electron chi connectivity index (χ0n) is 13.9. The molecule has 1 unspecified atom stereocenters. The zero-order valence-corrected chi connectivity index (χ0v) is 16.2. The Bertz CT molecular complexity index is 899. The first-order chi connectivity index (χ1) is 13.0. The smallest absolute Gasteiger partial charge is 0.240 e. The molecular weight excluding hydrogens is 407 g/mol. The Labute approximate surface area is 170 Å². The van der Waals surface area contributed by atoms with Gasteiger partial charge in [0.25, 0.3) is 0 Å². The van der Waals surface area contributed by atoms with Crippen molar-refractivity contribution in [2.24, 2.45) is 10.2 Å². The van der Waals surface area contributed by atoms with Crippen molar-refractivity contribution in [3.63, 3.8) is 0 Å². The summed E-state index contributed by atoms with van der Waals surface area (Å²) in [6, 6.07) is 13.8. The Kier molecular flexibility index (Phi) is 6.49. The molecule has 9 heteroatoms. The van der Waals surface area contributed by atoms with E-state index in [4.69, 9.17) is 23.2 Å². The molecule has 0 radical (unpaired) electrons. The monoisotopic (exact) mass is 420 g/mol. The van der Waals surface area contributed by atoms with Crippen molar-refractivity contribution >= 4 is 63.8 Å². The minimum atomic E-state index is -0.554. The van der Waals surface area contributed by atoms with Crippen molar-refractivity contribution in [1.29, 1.82) is 0 Å². The minimum Gasteiger partial charge on any atom is -0.326 e. The lowest BCUT2D eigenvalue weighted by Crippen LogP contribution is -2.28. The molecule has 0 aliphatic carbocycles. The zero-order chi connectivity index (χ0) is 19.2. The van der Waals surface area contributed by atoms with Crippen LogP contribution in [0.15, 0.2) is 58.7 Å². The molecule has 2 amide bonds. The Morgan fingerprint density at radius 2 is 1.74 bits per heavy atom. The highest BCUT2D eigenvalue weighted by Crippen LogP contribution is 2.23. The lowest BCUT2D eigenvalue weighted by molar-refractivity contribution is -0.122. The average molecular weight is 421 g/mol. The second-order valence-corrected chi connectivity index (χ2v) is 7.62. The molecule has 2 N–H and O–H groups in total. The predicted octanol–water partition coefficient (Wildman–Crippen LogP) is 3.94. The number of carbonyl (C=O) groups is 2. The second-order valence-electron chi connectivity index (χ2n) is 5.56. The maximum Gasteiger partial charge on any atom is 0.240 e. The van der Waals surface area contributed by atoms with E-state index < -0.39 is 5.25 Å². The van der Waals surface area contributed by atoms with Gasteiger partial charge in [0.05, 0.1) is 6.21 Å². The van der Waals surface area contributed by atoms with E-state index in [0.29, 0.717) is 20.9 Å². The van der Waals surface area contributed by atoms with Crippen LogP contribution >= 0.6 is 35.0 Å². The van der Waals surface area contributed by atoms with Crippen LogP contribution < -0.4 is 10.6 Å². The van der Waals surface area contributed by atoms with Crippen LogP contribution in [0.3, 0.4) is 0 Å². The van der Waals surface area contributed by atoms with Gasteiger partial charge in [0, 0.05) is 22.2 Å². The Morgan fingerprint density at radius 3 is 2.41 bits per heavy atom. The van der Waals surface area contributed by atoms with Gasteiger partial charge in [0.2, 0.25) is 11.8 Å². The van der Waals surface area contributed by atoms with E-state index in [2.05, 4.69) is 20.8 Å². The van der Waals surface area contributed by atoms with Crippen molar-refractivity contribution in [1.82, 2.24) is 5.32 Å². The molecule has 0 saturated carbocycles. The summed E-state index contributed by atoms with van der Waals surface area (Å²) in [6.07, 6.45) is 1.58. The summed E-state index contributed by atoms with van der Waals surface area (Å²) in [5, 5.41) is 14.3. The number of thioether (sulfide) groups is 1. The summed E-state index contributed by atoms with van der Waals surface area (Å²) in [4.78, 5) is 24.1. The first-order valence-electron chi connectivity index (χ1n) is 7.89. The Morgan fingerprint density at radius 1 is 1.11 bits per heavy atom. The highest BCUT2D eigenvalue weighted by Gasteiger charge is 2.32. The quantitative estimate of drug-likeness (QED) is 0.567. The maximum absolute atomic E-state index is 12.1. The highest BCUT2D eigenvalue weighted by molar-refractivity contribution is 8.15. The molecule has 0 bridgehead atoms. The number of nitrogens with one attached hydrogen (secondary N) is 2. The molecule has 0 spiro atoms. The molecule has 138 valence electrons. The normalized spacial score (nSPS) is 18.1. The topological polar surface area (TPSA) is 82.9 Å². The number of anilines is 1. The van der Waals surface area contributed by atoms with Crippen molar-refractivity contribution in [3.8, 4) is 0 Å². The molecule has 3 rings (SSSR count). The van der Waals surface area contributed by atoms with Gasteiger partial charge >= 0.3 is 0 Å². The lowest BCUT2D eigenvalue weighted by atomic mass is 10.2. The van der Waals surface area contributed by atoms with E-state index in [1.165, 1.54) is 11.8 Å². The molecule has 1 atom stereocenters. The fourth-order valence-electron chi connectivity index (χ4n) is 2.20. The van der Waals surface area contributed by atoms with E-state index in [-0.39, 0.29) is 18.2 Å². The van der Waals surface area contributed by atoms with Crippen molar-refractivity contribution in [2.45, 2.75) is 11.7 Å². The number of hydrogen-bond acceptors (Lipinski definition) is 5. The van der Waals surface area contributed by atoms with Crippen LogP contribution in [0.1, 0.15) is 12.0 Å². The van der Waals surface area contributed by atoms with E-state index in [9.17, 15) is 9.59 Å². The number of rotatable bonds is 5. The van der Waals surface area contributed by atoms with Crippen molar-refractivity contribution < 1.29 is 9.59 Å². The number of amides is 2. The number of amidine groups is 1. The standard InChI is InChI=1S/C18H14Cl2N4O2S/c19-12-3-1-11(2-4-12)10-21-24-18-23-17(26)15(27-18)9-16(25)22-14-7-5-13(20)6-8-14/h1-8,10,15H,9H2,(H,22,25)(H,23,24,26). The number of halogens is 2. The van der Waals surface area contributed by atoms with Gasteiger partial charge in [-0.1, -0.05) is 47.1 Å². The Balaban J connectivity index is 1.54. The van der Waals surface area contributed by atoms with Gasteiger partial charge in [-0.3, -0.25) is 9.59 Å². The summed E-state index contributed by atoms with van der Waals surface area (Å²) in [6.45, 7) is 0. The molecule has 2 aromatic rings. The first kappa shape index (κ1) is 19.4. The summed E-state index contributed by atoms with van der Waals surface area (Å²) >= 11 is 12.8. The summed E-state index contributed by atoms with van der Waals surface area (Å²) in [5.41, 5.74) is 1.45. The summed E-state index contributed by atoms with van der Waals surface area (Å²) in [5.74, 6) is -0.539. The van der Waals surface area contributed by atoms with Crippen LogP contribution in [0, 0.1) is 0 Å². The van der Waals surface area contributed by atoms with Crippen LogP contribution in [0.2, 0.25) is 10.0 Å². The molecule has 1 saturated heterocycles. The molecule has 1 heterocycles. The molecule has 6 nitrogen and oxygen atoms in total. The summed E-state index contributed by atoms with van der Waals surface area (Å²) in [7, 11) is 0. The number of nitrogens with zero attached hydrogens (tertiary/aromatic N) is 2. The second kappa shape index (κ2) is 9.03. The SMILES string of the molecule is O=C(CC1SC(=NN=Cc2ccc(Cl)cc2)NC1=O)Nc1ccc(Cl)cc1. The maximum atomic E-state index is 12.1. The third kappa shape index (κ3) is 5.82. The predicted molar refractivity (Wildman–Crippen MR) is 111 cm³/mol. The lowest BCUT2D eigenvalue weighted by Gasteiger charge is -2.07. The fourth-order valence-corrected chi connectivity index (χ4v) is 3.37. The van der Waals surface area contributed by atoms with Gasteiger partial charge in [-0.25, -0.2) is 0 Å². The van der Waals surface area contributed by atoms with Crippen molar-refractivity contribution in [3.05, 3.63) is 64.1 Å². The molecule has 1 fully saturated rings. The van der Waals surface area contributed by atoms with E-state index in [0.717, 1.165) is 5.56 Å². The van der Waals surface area contributed by atoms with Crippen LogP contribution in [0.5, 0.6) is 0 Å². The third-order valence-corrected chi connectivity index (χ3v) is 5.08. The number of carbonyl (C=O) groups excluding carboxylic acids is 2. The molecule has 1 aliphatic heterocycles. The van der Waals surface area contributed by atoms with Gasteiger partial charge in [0.15, 0.2) is 5.17 Å². The van der Waals surface area contributed by atoms with Gasteiger partial charge in [0.1, 0.15) is 5.25 Å². The van der Waals surface area contributed by atoms with E-state index >= 15 is 0 Å². The molecule has 2 aromatic carbocycles. The summed E-state index contributed by atoms with van der Waals surface area (Å²) < 4.78 is 0. The first-order valence-corrected chi connectivity index (χ1v) is 9.53. The molecule has 0 aromatic heterocycles. The molecule has 1 aliphatic rings. The molecule has 27 heavy (non-hydrogen) atoms. The van der Waals surface area contributed by atoms with Crippen molar-refractivity contribution in [2.75, 3.05) is 5.32 Å². The fraction of sp³-hybridized carbons (Fsp3) is 0.111. The highest BCUT2D eigenvalue weighted by atomic mass is 35.5. The number of benzene rings is 2. The number of hydrogen-bond donors (Lipinski definition) is 2. The average Bonchev–Trinajstić information content (AvgIpc) is 2.98. The molecular formula is C18H14Cl2N4O2S. The van der Waals surface area contributed by atoms with Gasteiger partial charge in [-0.2, -0.15) is 5.10 Å². The largest absolute Gasteiger partial charge is 0.326 e. The van der Waals surface area contributed by atoms with Gasteiger partial charge in [-0.15, -0.1) is 5.10 Å². The van der Waals surface area contributed by atoms with E-state index in [1.807, 2.05) is 0 Å². The van der Waals surface area contributed by atoms with Crippen LogP contribution in [-0.4, -0.2) is 28.4 Å². The van der Waals surface area contributed by atoms with Crippen LogP contribution in [-0.2, 0) is 9.59 Å². The third-order valence-electron chi connectivity index (χ3n) is 3.50. The minimum absolute atomic E-state index is 0.0268. The van der Waals surface area contributed by atoms with Crippen LogP contribution in [0.25, 0.3) is 0 Å². The van der Waals surface area contributed by atoms with E-state index in [1.54, 1.807) is 54.7 Å².